The molecule has 0 radical (unpaired) electrons. The summed E-state index contributed by atoms with van der Waals surface area (Å²) in [5.41, 5.74) is 0. The van der Waals surface area contributed by atoms with E-state index in [4.69, 9.17) is 28.4 Å². The van der Waals surface area contributed by atoms with Crippen molar-refractivity contribution < 1.29 is 61.9 Å². The summed E-state index contributed by atoms with van der Waals surface area (Å²) in [6, 6.07) is -1.17. The summed E-state index contributed by atoms with van der Waals surface area (Å²) in [6.45, 7) is 3.48. The zero-order valence-corrected chi connectivity index (χ0v) is 17.7. The van der Waals surface area contributed by atoms with Gasteiger partial charge in [0.1, 0.15) is 12.7 Å². The molecule has 2 aliphatic rings. The molecule has 0 spiro atoms. The average molecular weight is 461 g/mol. The van der Waals surface area contributed by atoms with Crippen LogP contribution in [0.5, 0.6) is 0 Å². The lowest BCUT2D eigenvalue weighted by Gasteiger charge is -2.44. The Hall–Kier alpha value is -3.26. The Kier molecular flexibility index (Phi) is 8.48. The largest absolute Gasteiger partial charge is 0.463 e. The summed E-state index contributed by atoms with van der Waals surface area (Å²) < 4.78 is 36.1. The number of ether oxygens (including phenoxy) is 7. The highest BCUT2D eigenvalue weighted by molar-refractivity contribution is 5.95. The number of alkyl carbamates (subject to hydrolysis) is 1. The Labute approximate surface area is 181 Å². The van der Waals surface area contributed by atoms with E-state index in [1.807, 2.05) is 0 Å². The van der Waals surface area contributed by atoms with Crippen LogP contribution in [0, 0.1) is 0 Å². The summed E-state index contributed by atoms with van der Waals surface area (Å²) in [7, 11) is 0. The minimum absolute atomic E-state index is 0.431. The van der Waals surface area contributed by atoms with Crippen molar-refractivity contribution in [1.29, 1.82) is 0 Å². The van der Waals surface area contributed by atoms with Crippen LogP contribution in [-0.4, -0.2) is 85.9 Å². The summed E-state index contributed by atoms with van der Waals surface area (Å²) >= 11 is 0. The molecule has 2 aliphatic heterocycles. The molecule has 1 amide bonds. The second-order valence-electron chi connectivity index (χ2n) is 6.81. The van der Waals surface area contributed by atoms with Crippen LogP contribution in [0.1, 0.15) is 27.7 Å². The third-order valence-electron chi connectivity index (χ3n) is 4.15. The van der Waals surface area contributed by atoms with Gasteiger partial charge in [0, 0.05) is 27.7 Å². The van der Waals surface area contributed by atoms with Crippen molar-refractivity contribution >= 4 is 35.9 Å². The molecule has 1 N–H and O–H groups in total. The van der Waals surface area contributed by atoms with E-state index in [2.05, 4.69) is 10.1 Å². The molecule has 2 heterocycles. The monoisotopic (exact) mass is 461 g/mol. The summed E-state index contributed by atoms with van der Waals surface area (Å²) in [5, 5.41) is 2.21. The molecule has 178 valence electrons. The average Bonchev–Trinajstić information content (AvgIpc) is 2.98. The molecule has 0 saturated carbocycles. The first-order valence-corrected chi connectivity index (χ1v) is 9.42. The third kappa shape index (κ3) is 6.88. The van der Waals surface area contributed by atoms with Gasteiger partial charge in [0.2, 0.25) is 0 Å². The van der Waals surface area contributed by atoms with E-state index in [-0.39, 0.29) is 0 Å². The quantitative estimate of drug-likeness (QED) is 0.257. The molecule has 0 aromatic rings. The van der Waals surface area contributed by atoms with E-state index in [0.29, 0.717) is 0 Å². The van der Waals surface area contributed by atoms with Gasteiger partial charge < -0.3 is 38.5 Å². The molecule has 0 aromatic carbocycles. The first-order valence-electron chi connectivity index (χ1n) is 9.42. The molecule has 0 bridgehead atoms. The Bertz CT molecular complexity index is 781. The molecule has 0 aromatic heterocycles. The summed E-state index contributed by atoms with van der Waals surface area (Å²) in [6.07, 6.45) is -7.83. The first-order chi connectivity index (χ1) is 15.0. The SMILES string of the molecule is CC(=O)OC[C@H]1O[C@@H](OC[C@@H]2NC(=O)OC2=O)[C@H](OC(C)=O)[C@@H](OC(C)=O)[C@H]1OC(C)=O. The Morgan fingerprint density at radius 3 is 1.88 bits per heavy atom. The van der Waals surface area contributed by atoms with Crippen LogP contribution in [0.25, 0.3) is 0 Å². The Morgan fingerprint density at radius 2 is 1.38 bits per heavy atom. The van der Waals surface area contributed by atoms with Gasteiger partial charge in [-0.25, -0.2) is 9.59 Å². The molecule has 2 fully saturated rings. The smallest absolute Gasteiger partial charge is 0.415 e. The Balaban J connectivity index is 2.32. The van der Waals surface area contributed by atoms with Gasteiger partial charge >= 0.3 is 35.9 Å². The number of esters is 5. The van der Waals surface area contributed by atoms with Gasteiger partial charge in [-0.2, -0.15) is 0 Å². The molecule has 6 atom stereocenters. The van der Waals surface area contributed by atoms with Gasteiger partial charge in [-0.15, -0.1) is 0 Å². The van der Waals surface area contributed by atoms with Crippen molar-refractivity contribution in [3.8, 4) is 0 Å². The van der Waals surface area contributed by atoms with Crippen LogP contribution in [0.3, 0.4) is 0 Å². The van der Waals surface area contributed by atoms with Crippen molar-refractivity contribution in [2.75, 3.05) is 13.2 Å². The number of hydrogen-bond acceptors (Lipinski definition) is 13. The van der Waals surface area contributed by atoms with Gasteiger partial charge in [-0.1, -0.05) is 0 Å². The zero-order valence-electron chi connectivity index (χ0n) is 17.7. The molecule has 32 heavy (non-hydrogen) atoms. The van der Waals surface area contributed by atoms with Crippen LogP contribution in [0.4, 0.5) is 4.79 Å². The fourth-order valence-corrected chi connectivity index (χ4v) is 3.02. The standard InChI is InChI=1S/C18H23NO13/c1-7(20)26-6-12-13(28-8(2)21)14(29-9(3)22)15(30-10(4)23)17(31-12)27-5-11-16(24)32-18(25)19-11/h11-15,17H,5-6H2,1-4H3,(H,19,25)/t11-,12+,13-,14-,15+,17+/m0/s1. The van der Waals surface area contributed by atoms with Crippen molar-refractivity contribution in [1.82, 2.24) is 5.32 Å². The number of hydrogen-bond donors (Lipinski definition) is 1. The number of rotatable bonds is 8. The number of carbonyl (C=O) groups is 6. The van der Waals surface area contributed by atoms with Gasteiger partial charge in [-0.3, -0.25) is 19.2 Å². The molecule has 14 heteroatoms. The highest BCUT2D eigenvalue weighted by atomic mass is 16.7. The van der Waals surface area contributed by atoms with Crippen molar-refractivity contribution in [2.24, 2.45) is 0 Å². The topological polar surface area (TPSA) is 179 Å². The number of cyclic esters (lactones) is 2. The summed E-state index contributed by atoms with van der Waals surface area (Å²) in [5.74, 6) is -3.96. The molecule has 0 unspecified atom stereocenters. The predicted molar refractivity (Wildman–Crippen MR) is 96.3 cm³/mol. The van der Waals surface area contributed by atoms with Crippen molar-refractivity contribution in [3.05, 3.63) is 0 Å². The lowest BCUT2D eigenvalue weighted by molar-refractivity contribution is -0.308. The highest BCUT2D eigenvalue weighted by Gasteiger charge is 2.53. The fraction of sp³-hybridized carbons (Fsp3) is 0.667. The van der Waals surface area contributed by atoms with Gasteiger partial charge in [0.15, 0.2) is 30.6 Å². The molecule has 14 nitrogen and oxygen atoms in total. The maximum atomic E-state index is 11.7. The van der Waals surface area contributed by atoms with E-state index in [1.54, 1.807) is 0 Å². The lowest BCUT2D eigenvalue weighted by Crippen LogP contribution is -2.63. The van der Waals surface area contributed by atoms with Gasteiger partial charge in [0.25, 0.3) is 0 Å². The fourth-order valence-electron chi connectivity index (χ4n) is 3.02. The van der Waals surface area contributed by atoms with Crippen LogP contribution in [0.2, 0.25) is 0 Å². The van der Waals surface area contributed by atoms with E-state index < -0.39 is 85.9 Å². The van der Waals surface area contributed by atoms with E-state index in [0.717, 1.165) is 27.7 Å². The van der Waals surface area contributed by atoms with Crippen LogP contribution in [-0.2, 0) is 57.1 Å². The van der Waals surface area contributed by atoms with Gasteiger partial charge in [-0.05, 0) is 0 Å². The molecule has 2 rings (SSSR count). The third-order valence-corrected chi connectivity index (χ3v) is 4.15. The number of carbonyl (C=O) groups excluding carboxylic acids is 6. The number of amides is 1. The predicted octanol–water partition coefficient (Wildman–Crippen LogP) is -1.28. The van der Waals surface area contributed by atoms with E-state index in [1.165, 1.54) is 0 Å². The van der Waals surface area contributed by atoms with Crippen LogP contribution in [0.15, 0.2) is 0 Å². The van der Waals surface area contributed by atoms with Crippen LogP contribution >= 0.6 is 0 Å². The number of nitrogens with one attached hydrogen (secondary N) is 1. The Morgan fingerprint density at radius 1 is 0.812 bits per heavy atom. The lowest BCUT2D eigenvalue weighted by atomic mass is 9.98. The molecular weight excluding hydrogens is 438 g/mol. The maximum absolute atomic E-state index is 11.7. The minimum Gasteiger partial charge on any atom is -0.463 e. The highest BCUT2D eigenvalue weighted by Crippen LogP contribution is 2.30. The minimum atomic E-state index is -1.47. The molecule has 2 saturated heterocycles. The zero-order chi connectivity index (χ0) is 24.0. The molecular formula is C18H23NO13. The second kappa shape index (κ2) is 10.9. The normalized spacial score (nSPS) is 29.4. The van der Waals surface area contributed by atoms with E-state index >= 15 is 0 Å². The van der Waals surface area contributed by atoms with Crippen LogP contribution < -0.4 is 5.32 Å². The second-order valence-corrected chi connectivity index (χ2v) is 6.81. The first kappa shape index (κ1) is 25.0. The van der Waals surface area contributed by atoms with E-state index in [9.17, 15) is 28.8 Å². The summed E-state index contributed by atoms with van der Waals surface area (Å²) in [4.78, 5) is 69.2. The molecule has 0 aliphatic carbocycles. The van der Waals surface area contributed by atoms with Gasteiger partial charge in [0.05, 0.1) is 6.61 Å². The maximum Gasteiger partial charge on any atom is 0.415 e. The van der Waals surface area contributed by atoms with Crippen molar-refractivity contribution in [3.63, 3.8) is 0 Å². The van der Waals surface area contributed by atoms with Crippen molar-refractivity contribution in [2.45, 2.75) is 64.4 Å².